The highest BCUT2D eigenvalue weighted by atomic mass is 35.5. The van der Waals surface area contributed by atoms with E-state index in [2.05, 4.69) is 5.16 Å². The predicted molar refractivity (Wildman–Crippen MR) is 112 cm³/mol. The SMILES string of the molecule is O=C(CCCCl)O/N=C1\C(=O)N(Cc2ccc(Cl)c(Cl)c2)c2ccc(Cl)cc21. The van der Waals surface area contributed by atoms with Gasteiger partial charge in [-0.05, 0) is 42.3 Å². The average molecular weight is 460 g/mol. The van der Waals surface area contributed by atoms with E-state index in [9.17, 15) is 9.59 Å². The molecular weight excluding hydrogens is 446 g/mol. The summed E-state index contributed by atoms with van der Waals surface area (Å²) in [5.74, 6) is -0.638. The van der Waals surface area contributed by atoms with Gasteiger partial charge in [-0.2, -0.15) is 0 Å². The summed E-state index contributed by atoms with van der Waals surface area (Å²) < 4.78 is 0. The Morgan fingerprint density at radius 3 is 2.57 bits per heavy atom. The topological polar surface area (TPSA) is 59.0 Å². The van der Waals surface area contributed by atoms with Gasteiger partial charge < -0.3 is 9.74 Å². The molecule has 0 saturated heterocycles. The number of hydrogen-bond acceptors (Lipinski definition) is 4. The van der Waals surface area contributed by atoms with Crippen molar-refractivity contribution in [3.63, 3.8) is 0 Å². The highest BCUT2D eigenvalue weighted by Gasteiger charge is 2.35. The summed E-state index contributed by atoms with van der Waals surface area (Å²) in [6, 6.07) is 10.1. The molecule has 1 aliphatic rings. The minimum absolute atomic E-state index is 0.0109. The Kier molecular flexibility index (Phi) is 6.83. The van der Waals surface area contributed by atoms with Gasteiger partial charge in [0.05, 0.1) is 22.3 Å². The predicted octanol–water partition coefficient (Wildman–Crippen LogP) is 5.46. The van der Waals surface area contributed by atoms with Gasteiger partial charge in [-0.15, -0.1) is 11.6 Å². The Hall–Kier alpha value is -1.79. The minimum Gasteiger partial charge on any atom is -0.317 e. The number of alkyl halides is 1. The molecule has 0 saturated carbocycles. The van der Waals surface area contributed by atoms with Crippen LogP contribution in [-0.2, 0) is 21.0 Å². The maximum Gasteiger partial charge on any atom is 0.335 e. The summed E-state index contributed by atoms with van der Waals surface area (Å²) >= 11 is 23.7. The van der Waals surface area contributed by atoms with Crippen LogP contribution in [0.5, 0.6) is 0 Å². The third-order valence-electron chi connectivity index (χ3n) is 4.03. The molecule has 2 aromatic carbocycles. The van der Waals surface area contributed by atoms with Crippen molar-refractivity contribution in [2.75, 3.05) is 10.8 Å². The van der Waals surface area contributed by atoms with Gasteiger partial charge in [-0.25, -0.2) is 4.79 Å². The second-order valence-electron chi connectivity index (χ2n) is 6.00. The summed E-state index contributed by atoms with van der Waals surface area (Å²) in [6.45, 7) is 0.240. The Balaban J connectivity index is 1.90. The fourth-order valence-corrected chi connectivity index (χ4v) is 3.33. The van der Waals surface area contributed by atoms with E-state index in [-0.39, 0.29) is 18.7 Å². The lowest BCUT2D eigenvalue weighted by molar-refractivity contribution is -0.143. The number of carbonyl (C=O) groups excluding carboxylic acids is 2. The first kappa shape index (κ1) is 20.9. The maximum atomic E-state index is 12.9. The fraction of sp³-hybridized carbons (Fsp3) is 0.211. The molecule has 0 spiro atoms. The first-order valence-corrected chi connectivity index (χ1v) is 9.97. The lowest BCUT2D eigenvalue weighted by Crippen LogP contribution is -2.29. The second kappa shape index (κ2) is 9.14. The molecule has 0 unspecified atom stereocenters. The molecule has 9 heteroatoms. The molecule has 0 N–H and O–H groups in total. The van der Waals surface area contributed by atoms with E-state index >= 15 is 0 Å². The zero-order valence-electron chi connectivity index (χ0n) is 14.4. The number of nitrogens with zero attached hydrogens (tertiary/aromatic N) is 2. The number of carbonyl (C=O) groups is 2. The number of fused-ring (bicyclic) bond motifs is 1. The van der Waals surface area contributed by atoms with E-state index in [1.807, 2.05) is 0 Å². The van der Waals surface area contributed by atoms with Crippen molar-refractivity contribution in [1.82, 2.24) is 0 Å². The van der Waals surface area contributed by atoms with Crippen molar-refractivity contribution in [1.29, 1.82) is 0 Å². The summed E-state index contributed by atoms with van der Waals surface area (Å²) in [7, 11) is 0. The molecule has 2 aromatic rings. The van der Waals surface area contributed by atoms with Crippen LogP contribution >= 0.6 is 46.4 Å². The fourth-order valence-electron chi connectivity index (χ4n) is 2.70. The highest BCUT2D eigenvalue weighted by Crippen LogP contribution is 2.34. The molecule has 1 heterocycles. The lowest BCUT2D eigenvalue weighted by atomic mass is 10.1. The van der Waals surface area contributed by atoms with Crippen LogP contribution in [0.2, 0.25) is 15.1 Å². The summed E-state index contributed by atoms with van der Waals surface area (Å²) in [5.41, 5.74) is 1.89. The third kappa shape index (κ3) is 4.61. The van der Waals surface area contributed by atoms with Crippen LogP contribution in [0.3, 0.4) is 0 Å². The largest absolute Gasteiger partial charge is 0.335 e. The van der Waals surface area contributed by atoms with Gasteiger partial charge >= 0.3 is 5.97 Å². The van der Waals surface area contributed by atoms with E-state index in [1.54, 1.807) is 36.4 Å². The minimum atomic E-state index is -0.563. The van der Waals surface area contributed by atoms with Gasteiger partial charge in [0.25, 0.3) is 5.91 Å². The number of amides is 1. The van der Waals surface area contributed by atoms with E-state index in [0.717, 1.165) is 5.56 Å². The van der Waals surface area contributed by atoms with Crippen molar-refractivity contribution >= 4 is 69.7 Å². The monoisotopic (exact) mass is 458 g/mol. The molecule has 28 heavy (non-hydrogen) atoms. The zero-order valence-corrected chi connectivity index (χ0v) is 17.4. The molecule has 3 rings (SSSR count). The molecule has 0 aromatic heterocycles. The molecule has 5 nitrogen and oxygen atoms in total. The van der Waals surface area contributed by atoms with Crippen LogP contribution in [0.1, 0.15) is 24.0 Å². The molecule has 146 valence electrons. The first-order chi connectivity index (χ1) is 13.4. The second-order valence-corrected chi connectivity index (χ2v) is 7.63. The lowest BCUT2D eigenvalue weighted by Gasteiger charge is -2.17. The van der Waals surface area contributed by atoms with E-state index < -0.39 is 11.9 Å². The van der Waals surface area contributed by atoms with Crippen LogP contribution < -0.4 is 4.90 Å². The van der Waals surface area contributed by atoms with Gasteiger partial charge in [-0.3, -0.25) is 4.79 Å². The molecule has 0 aliphatic carbocycles. The van der Waals surface area contributed by atoms with Crippen molar-refractivity contribution < 1.29 is 14.4 Å². The van der Waals surface area contributed by atoms with Gasteiger partial charge in [-0.1, -0.05) is 46.0 Å². The summed E-state index contributed by atoms with van der Waals surface area (Å²) in [5, 5.41) is 5.04. The highest BCUT2D eigenvalue weighted by molar-refractivity contribution is 6.54. The van der Waals surface area contributed by atoms with Crippen LogP contribution in [0.4, 0.5) is 5.69 Å². The summed E-state index contributed by atoms with van der Waals surface area (Å²) in [4.78, 5) is 31.1. The quantitative estimate of drug-likeness (QED) is 0.327. The molecule has 0 atom stereocenters. The maximum absolute atomic E-state index is 12.9. The number of anilines is 1. The molecule has 1 aliphatic heterocycles. The smallest absolute Gasteiger partial charge is 0.317 e. The third-order valence-corrected chi connectivity index (χ3v) is 5.27. The van der Waals surface area contributed by atoms with Crippen molar-refractivity contribution in [3.8, 4) is 0 Å². The standard InChI is InChI=1S/C19H14Cl4N2O3/c20-7-1-2-17(26)28-24-18-13-9-12(21)4-6-16(13)25(19(18)27)10-11-3-5-14(22)15(23)8-11/h3-6,8-9H,1-2,7,10H2/b24-18-. The number of benzene rings is 2. The Morgan fingerprint density at radius 2 is 1.86 bits per heavy atom. The Bertz CT molecular complexity index is 962. The van der Waals surface area contributed by atoms with Crippen LogP contribution in [0.15, 0.2) is 41.6 Å². The number of halogens is 4. The van der Waals surface area contributed by atoms with Gasteiger partial charge in [0.1, 0.15) is 0 Å². The van der Waals surface area contributed by atoms with E-state index in [0.29, 0.717) is 38.6 Å². The van der Waals surface area contributed by atoms with E-state index in [4.69, 9.17) is 51.2 Å². The number of oxime groups is 1. The van der Waals surface area contributed by atoms with Crippen molar-refractivity contribution in [2.24, 2.45) is 5.16 Å². The Labute approximate surface area is 181 Å². The average Bonchev–Trinajstić information content (AvgIpc) is 2.92. The molecule has 1 amide bonds. The van der Waals surface area contributed by atoms with Crippen molar-refractivity contribution in [3.05, 3.63) is 62.6 Å². The van der Waals surface area contributed by atoms with Gasteiger partial charge in [0.15, 0.2) is 5.71 Å². The summed E-state index contributed by atoms with van der Waals surface area (Å²) in [6.07, 6.45) is 0.578. The van der Waals surface area contributed by atoms with E-state index in [1.165, 1.54) is 4.90 Å². The first-order valence-electron chi connectivity index (χ1n) is 8.30. The van der Waals surface area contributed by atoms with Gasteiger partial charge in [0.2, 0.25) is 0 Å². The zero-order chi connectivity index (χ0) is 20.3. The molecule has 0 fully saturated rings. The van der Waals surface area contributed by atoms with Crippen LogP contribution in [-0.4, -0.2) is 23.5 Å². The molecular formula is C19H14Cl4N2O3. The number of rotatable bonds is 6. The number of hydrogen-bond donors (Lipinski definition) is 0. The molecule has 0 bridgehead atoms. The van der Waals surface area contributed by atoms with Crippen LogP contribution in [0.25, 0.3) is 0 Å². The molecule has 0 radical (unpaired) electrons. The van der Waals surface area contributed by atoms with Crippen LogP contribution in [0, 0.1) is 0 Å². The normalized spacial score (nSPS) is 14.5. The van der Waals surface area contributed by atoms with Gasteiger partial charge in [0, 0.05) is 22.9 Å². The Morgan fingerprint density at radius 1 is 1.07 bits per heavy atom. The van der Waals surface area contributed by atoms with Crippen molar-refractivity contribution in [2.45, 2.75) is 19.4 Å².